The topological polar surface area (TPSA) is 80.0 Å². The predicted octanol–water partition coefficient (Wildman–Crippen LogP) is 5.98. The zero-order valence-corrected chi connectivity index (χ0v) is 18.4. The molecular formula is C24H17ClF3NO5. The molecule has 6 nitrogen and oxygen atoms in total. The van der Waals surface area contributed by atoms with Crippen molar-refractivity contribution in [1.82, 2.24) is 0 Å². The lowest BCUT2D eigenvalue weighted by atomic mass is 9.99. The normalized spacial score (nSPS) is 17.9. The van der Waals surface area contributed by atoms with Crippen molar-refractivity contribution in [3.05, 3.63) is 88.3 Å². The summed E-state index contributed by atoms with van der Waals surface area (Å²) in [6.45, 7) is 2.10. The number of carbonyl (C=O) groups is 2. The molecule has 1 N–H and O–H groups in total. The fourth-order valence-corrected chi connectivity index (χ4v) is 3.92. The molecule has 1 aliphatic heterocycles. The molecule has 4 rings (SSSR count). The highest BCUT2D eigenvalue weighted by atomic mass is 35.5. The molecule has 1 aliphatic rings. The van der Waals surface area contributed by atoms with Crippen LogP contribution >= 0.6 is 11.6 Å². The van der Waals surface area contributed by atoms with Gasteiger partial charge in [0.25, 0.3) is 11.7 Å². The molecule has 0 saturated carbocycles. The van der Waals surface area contributed by atoms with E-state index in [0.717, 1.165) is 29.2 Å². The second kappa shape index (κ2) is 8.90. The van der Waals surface area contributed by atoms with Crippen LogP contribution in [0.25, 0.3) is 5.76 Å². The summed E-state index contributed by atoms with van der Waals surface area (Å²) in [5.41, 5.74) is -1.17. The Labute approximate surface area is 196 Å². The number of ketones is 1. The van der Waals surface area contributed by atoms with Gasteiger partial charge < -0.3 is 14.3 Å². The van der Waals surface area contributed by atoms with Crippen LogP contribution < -0.4 is 9.64 Å². The number of nitrogens with zero attached hydrogens (tertiary/aromatic N) is 1. The first kappa shape index (κ1) is 23.4. The van der Waals surface area contributed by atoms with Gasteiger partial charge in [0, 0.05) is 11.3 Å². The van der Waals surface area contributed by atoms with E-state index in [9.17, 15) is 27.9 Å². The van der Waals surface area contributed by atoms with Crippen LogP contribution in [0.15, 0.2) is 70.9 Å². The van der Waals surface area contributed by atoms with Crippen LogP contribution in [0.5, 0.6) is 5.75 Å². The molecule has 1 fully saturated rings. The number of Topliss-reactive ketones (excluding diaryl/α,β-unsaturated/α-hetero) is 1. The number of ether oxygens (including phenoxy) is 1. The van der Waals surface area contributed by atoms with Gasteiger partial charge in [-0.15, -0.1) is 0 Å². The van der Waals surface area contributed by atoms with Gasteiger partial charge >= 0.3 is 6.18 Å². The van der Waals surface area contributed by atoms with Gasteiger partial charge in [0.1, 0.15) is 23.3 Å². The lowest BCUT2D eigenvalue weighted by molar-refractivity contribution is -0.137. The molecule has 3 aromatic rings. The maximum Gasteiger partial charge on any atom is 0.416 e. The van der Waals surface area contributed by atoms with E-state index in [0.29, 0.717) is 12.4 Å². The van der Waals surface area contributed by atoms with Gasteiger partial charge in [-0.3, -0.25) is 14.5 Å². The van der Waals surface area contributed by atoms with Crippen molar-refractivity contribution in [2.75, 3.05) is 11.5 Å². The molecule has 1 unspecified atom stereocenters. The highest BCUT2D eigenvalue weighted by molar-refractivity contribution is 6.51. The first-order valence-corrected chi connectivity index (χ1v) is 10.5. The summed E-state index contributed by atoms with van der Waals surface area (Å²) >= 11 is 6.25. The van der Waals surface area contributed by atoms with Gasteiger partial charge in [0.15, 0.2) is 0 Å². The molecule has 176 valence electrons. The molecule has 2 heterocycles. The smallest absolute Gasteiger partial charge is 0.416 e. The minimum atomic E-state index is -4.57. The number of aliphatic hydroxyl groups excluding tert-OH is 1. The van der Waals surface area contributed by atoms with Crippen molar-refractivity contribution in [3.63, 3.8) is 0 Å². The Morgan fingerprint density at radius 1 is 1.15 bits per heavy atom. The maximum absolute atomic E-state index is 13.1. The van der Waals surface area contributed by atoms with Crippen LogP contribution in [0.2, 0.25) is 5.02 Å². The molecule has 0 aliphatic carbocycles. The minimum Gasteiger partial charge on any atom is -0.507 e. The number of rotatable bonds is 5. The Balaban J connectivity index is 1.88. The number of carbonyl (C=O) groups excluding carboxylic acids is 2. The highest BCUT2D eigenvalue weighted by Crippen LogP contribution is 2.44. The number of halogens is 4. The number of hydrogen-bond donors (Lipinski definition) is 1. The molecule has 1 atom stereocenters. The third-order valence-corrected chi connectivity index (χ3v) is 5.56. The van der Waals surface area contributed by atoms with Crippen LogP contribution in [0.4, 0.5) is 18.9 Å². The third kappa shape index (κ3) is 4.14. The van der Waals surface area contributed by atoms with Gasteiger partial charge in [0.05, 0.1) is 29.0 Å². The van der Waals surface area contributed by atoms with Crippen molar-refractivity contribution in [2.24, 2.45) is 0 Å². The zero-order chi connectivity index (χ0) is 24.6. The Morgan fingerprint density at radius 3 is 2.44 bits per heavy atom. The largest absolute Gasteiger partial charge is 0.507 e. The maximum atomic E-state index is 13.1. The lowest BCUT2D eigenvalue weighted by Gasteiger charge is -2.23. The van der Waals surface area contributed by atoms with E-state index in [2.05, 4.69) is 0 Å². The van der Waals surface area contributed by atoms with Crippen molar-refractivity contribution in [3.8, 4) is 5.75 Å². The van der Waals surface area contributed by atoms with Gasteiger partial charge in [-0.1, -0.05) is 11.6 Å². The van der Waals surface area contributed by atoms with Crippen LogP contribution in [-0.2, 0) is 15.8 Å². The van der Waals surface area contributed by atoms with E-state index < -0.39 is 35.2 Å². The van der Waals surface area contributed by atoms with Crippen LogP contribution in [0.3, 0.4) is 0 Å². The molecule has 2 aromatic carbocycles. The first-order valence-electron chi connectivity index (χ1n) is 10.1. The minimum absolute atomic E-state index is 0.0183. The number of hydrogen-bond acceptors (Lipinski definition) is 5. The van der Waals surface area contributed by atoms with E-state index >= 15 is 0 Å². The molecular weight excluding hydrogens is 475 g/mol. The SMILES string of the molecule is CCOc1ccc(Cl)c(/C(O)=C2/C(=O)C(=O)N(c3ccc(C(F)(F)F)cc3)C2c2ccco2)c1. The predicted molar refractivity (Wildman–Crippen MR) is 118 cm³/mol. The van der Waals surface area contributed by atoms with Crippen molar-refractivity contribution in [2.45, 2.75) is 19.1 Å². The number of benzene rings is 2. The average Bonchev–Trinajstić information content (AvgIpc) is 3.41. The molecule has 0 spiro atoms. The Kier molecular flexibility index (Phi) is 6.14. The van der Waals surface area contributed by atoms with E-state index in [4.69, 9.17) is 20.8 Å². The summed E-state index contributed by atoms with van der Waals surface area (Å²) in [6.07, 6.45) is -3.26. The molecule has 0 bridgehead atoms. The summed E-state index contributed by atoms with van der Waals surface area (Å²) in [5, 5.41) is 11.2. The number of aliphatic hydroxyl groups is 1. The average molecular weight is 492 g/mol. The van der Waals surface area contributed by atoms with Gasteiger partial charge in [0.2, 0.25) is 0 Å². The van der Waals surface area contributed by atoms with E-state index in [1.54, 1.807) is 13.0 Å². The van der Waals surface area contributed by atoms with Crippen LogP contribution in [0.1, 0.15) is 29.9 Å². The summed E-state index contributed by atoms with van der Waals surface area (Å²) in [4.78, 5) is 27.0. The number of amides is 1. The quantitative estimate of drug-likeness (QED) is 0.270. The molecule has 1 saturated heterocycles. The monoisotopic (exact) mass is 491 g/mol. The van der Waals surface area contributed by atoms with E-state index in [-0.39, 0.29) is 27.6 Å². The second-order valence-electron chi connectivity index (χ2n) is 7.30. The van der Waals surface area contributed by atoms with Gasteiger partial charge in [-0.25, -0.2) is 0 Å². The molecule has 1 amide bonds. The van der Waals surface area contributed by atoms with Gasteiger partial charge in [-0.05, 0) is 61.5 Å². The first-order chi connectivity index (χ1) is 16.1. The van der Waals surface area contributed by atoms with Crippen LogP contribution in [-0.4, -0.2) is 23.4 Å². The third-order valence-electron chi connectivity index (χ3n) is 5.23. The molecule has 34 heavy (non-hydrogen) atoms. The Morgan fingerprint density at radius 2 is 1.85 bits per heavy atom. The highest BCUT2D eigenvalue weighted by Gasteiger charge is 2.48. The summed E-state index contributed by atoms with van der Waals surface area (Å²) in [5.74, 6) is -2.16. The second-order valence-corrected chi connectivity index (χ2v) is 7.71. The summed E-state index contributed by atoms with van der Waals surface area (Å²) in [6, 6.07) is 9.99. The van der Waals surface area contributed by atoms with E-state index in [1.807, 2.05) is 0 Å². The van der Waals surface area contributed by atoms with Crippen LogP contribution in [0, 0.1) is 0 Å². The number of anilines is 1. The Hall–Kier alpha value is -3.72. The lowest BCUT2D eigenvalue weighted by Crippen LogP contribution is -2.29. The molecule has 1 aromatic heterocycles. The number of alkyl halides is 3. The van der Waals surface area contributed by atoms with E-state index in [1.165, 1.54) is 30.5 Å². The Bertz CT molecular complexity index is 1270. The number of furan rings is 1. The summed E-state index contributed by atoms with van der Waals surface area (Å²) < 4.78 is 49.9. The molecule has 0 radical (unpaired) electrons. The summed E-state index contributed by atoms with van der Waals surface area (Å²) in [7, 11) is 0. The van der Waals surface area contributed by atoms with Gasteiger partial charge in [-0.2, -0.15) is 13.2 Å². The zero-order valence-electron chi connectivity index (χ0n) is 17.6. The van der Waals surface area contributed by atoms with Crippen molar-refractivity contribution < 1.29 is 37.0 Å². The standard InChI is InChI=1S/C24H17ClF3NO5/c1-2-33-15-9-10-17(25)16(12-15)21(30)19-20(18-4-3-11-34-18)29(23(32)22(19)31)14-7-5-13(6-8-14)24(26,27)28/h3-12,20,30H,2H2,1H3/b21-19-. The van der Waals surface area contributed by atoms with Crippen molar-refractivity contribution >= 4 is 34.7 Å². The molecule has 10 heteroatoms. The fraction of sp³-hybridized carbons (Fsp3) is 0.167. The fourth-order valence-electron chi connectivity index (χ4n) is 3.71. The van der Waals surface area contributed by atoms with Crippen molar-refractivity contribution in [1.29, 1.82) is 0 Å².